The number of pyridine rings is 1. The number of carbonyl (C=O) groups is 1. The Balaban J connectivity index is 0.000000168. The minimum Gasteiger partial charge on any atom is -0.493 e. The Morgan fingerprint density at radius 1 is 0.829 bits per heavy atom. The number of carbonyl (C=O) groups excluding carboxylic acids is 1. The molecule has 0 atom stereocenters. The quantitative estimate of drug-likeness (QED) is 0.505. The van der Waals surface area contributed by atoms with E-state index in [1.165, 1.54) is 16.7 Å². The van der Waals surface area contributed by atoms with Gasteiger partial charge < -0.3 is 19.1 Å². The molecule has 0 N–H and O–H groups in total. The van der Waals surface area contributed by atoms with Crippen molar-refractivity contribution in [3.05, 3.63) is 82.5 Å². The number of methoxy groups -OCH3 is 3. The van der Waals surface area contributed by atoms with Crippen LogP contribution in [0.25, 0.3) is 0 Å². The molecular weight excluding hydrogens is 442 g/mol. The van der Waals surface area contributed by atoms with E-state index < -0.39 is 0 Å². The molecule has 3 aromatic rings. The highest BCUT2D eigenvalue weighted by atomic mass is 16.5. The first-order chi connectivity index (χ1) is 17.1. The summed E-state index contributed by atoms with van der Waals surface area (Å²) < 4.78 is 15.8. The molecule has 0 aliphatic carbocycles. The van der Waals surface area contributed by atoms with Crippen LogP contribution in [0, 0.1) is 0 Å². The first-order valence-electron chi connectivity index (χ1n) is 11.8. The van der Waals surface area contributed by atoms with E-state index in [-0.39, 0.29) is 0 Å². The molecule has 7 heteroatoms. The smallest absolute Gasteiger partial charge is 0.217 e. The van der Waals surface area contributed by atoms with Gasteiger partial charge in [-0.05, 0) is 53.3 Å². The second-order valence-corrected chi connectivity index (χ2v) is 8.70. The molecule has 3 heterocycles. The molecule has 0 bridgehead atoms. The highest BCUT2D eigenvalue weighted by molar-refractivity contribution is 5.53. The van der Waals surface area contributed by atoms with Crippen LogP contribution < -0.4 is 14.2 Å². The molecule has 2 aliphatic heterocycles. The van der Waals surface area contributed by atoms with Crippen LogP contribution in [0.2, 0.25) is 0 Å². The number of rotatable bonds is 6. The predicted molar refractivity (Wildman–Crippen MR) is 135 cm³/mol. The summed E-state index contributed by atoms with van der Waals surface area (Å²) in [5.41, 5.74) is 6.45. The van der Waals surface area contributed by atoms with Gasteiger partial charge in [-0.1, -0.05) is 30.3 Å². The second kappa shape index (κ2) is 11.7. The molecule has 5 rings (SSSR count). The zero-order valence-corrected chi connectivity index (χ0v) is 20.7. The van der Waals surface area contributed by atoms with E-state index >= 15 is 0 Å². The van der Waals surface area contributed by atoms with Crippen LogP contribution in [0.15, 0.2) is 54.7 Å². The summed E-state index contributed by atoms with van der Waals surface area (Å²) in [6, 6.07) is 16.7. The van der Waals surface area contributed by atoms with E-state index in [1.807, 2.05) is 18.2 Å². The molecule has 184 valence electrons. The van der Waals surface area contributed by atoms with Crippen molar-refractivity contribution in [1.82, 2.24) is 14.8 Å². The first-order valence-corrected chi connectivity index (χ1v) is 11.8. The fraction of sp³-hybridized carbons (Fsp3) is 0.357. The van der Waals surface area contributed by atoms with Crippen LogP contribution in [-0.4, -0.2) is 55.6 Å². The van der Waals surface area contributed by atoms with E-state index in [4.69, 9.17) is 14.2 Å². The van der Waals surface area contributed by atoms with Crippen LogP contribution in [0.1, 0.15) is 27.8 Å². The topological polar surface area (TPSA) is 64.1 Å². The van der Waals surface area contributed by atoms with Crippen molar-refractivity contribution >= 4 is 6.41 Å². The standard InChI is InChI=1S/C16H18N2O.C12H15NO3/c1-19-16-15(7-4-9-17-16)12-18-10-8-13-5-2-3-6-14(13)11-18;1-15-11-5-9-3-4-13(8-14)7-10(9)6-12(11)16-2/h2-7,9H,8,10-12H2,1H3;5-6,8H,3-4,7H2,1-2H3. The van der Waals surface area contributed by atoms with Gasteiger partial charge in [0.2, 0.25) is 12.3 Å². The van der Waals surface area contributed by atoms with E-state index in [0.29, 0.717) is 12.3 Å². The molecule has 2 aliphatic rings. The van der Waals surface area contributed by atoms with Crippen LogP contribution in [0.4, 0.5) is 0 Å². The number of benzene rings is 2. The lowest BCUT2D eigenvalue weighted by molar-refractivity contribution is -0.118. The minimum atomic E-state index is 0.652. The molecule has 0 unspecified atom stereocenters. The van der Waals surface area contributed by atoms with Gasteiger partial charge in [0.05, 0.1) is 21.3 Å². The Labute approximate surface area is 207 Å². The molecule has 0 radical (unpaired) electrons. The van der Waals surface area contributed by atoms with E-state index in [9.17, 15) is 4.79 Å². The van der Waals surface area contributed by atoms with E-state index in [2.05, 4.69) is 40.2 Å². The number of fused-ring (bicyclic) bond motifs is 2. The third-order valence-corrected chi connectivity index (χ3v) is 6.54. The van der Waals surface area contributed by atoms with Gasteiger partial charge in [0.1, 0.15) is 0 Å². The van der Waals surface area contributed by atoms with Gasteiger partial charge in [0.25, 0.3) is 0 Å². The molecule has 1 amide bonds. The SMILES string of the molecule is COc1cc2c(cc1OC)CN(C=O)CC2.COc1ncccc1CN1CCc2ccccc2C1. The number of aromatic nitrogens is 1. The number of ether oxygens (including phenoxy) is 3. The maximum Gasteiger partial charge on any atom is 0.217 e. The predicted octanol–water partition coefficient (Wildman–Crippen LogP) is 3.87. The summed E-state index contributed by atoms with van der Waals surface area (Å²) in [6.45, 7) is 4.42. The Bertz CT molecular complexity index is 1150. The lowest BCUT2D eigenvalue weighted by atomic mass is 9.99. The third-order valence-electron chi connectivity index (χ3n) is 6.54. The Morgan fingerprint density at radius 3 is 2.26 bits per heavy atom. The maximum absolute atomic E-state index is 10.7. The van der Waals surface area contributed by atoms with Crippen molar-refractivity contribution in [2.75, 3.05) is 34.4 Å². The lowest BCUT2D eigenvalue weighted by Gasteiger charge is -2.28. The Kier molecular flexibility index (Phi) is 8.21. The fourth-order valence-corrected chi connectivity index (χ4v) is 4.65. The normalized spacial score (nSPS) is 14.7. The first kappa shape index (κ1) is 24.5. The van der Waals surface area contributed by atoms with Gasteiger partial charge >= 0.3 is 0 Å². The molecular formula is C28H33N3O4. The number of hydrogen-bond acceptors (Lipinski definition) is 6. The number of amides is 1. The molecule has 2 aromatic carbocycles. The van der Waals surface area contributed by atoms with Gasteiger partial charge in [-0.3, -0.25) is 9.69 Å². The fourth-order valence-electron chi connectivity index (χ4n) is 4.65. The summed E-state index contributed by atoms with van der Waals surface area (Å²) in [5, 5.41) is 0. The minimum absolute atomic E-state index is 0.652. The third kappa shape index (κ3) is 5.92. The van der Waals surface area contributed by atoms with Crippen LogP contribution in [0.5, 0.6) is 17.4 Å². The van der Waals surface area contributed by atoms with Gasteiger partial charge in [-0.2, -0.15) is 0 Å². The van der Waals surface area contributed by atoms with Crippen molar-refractivity contribution in [2.45, 2.75) is 32.5 Å². The van der Waals surface area contributed by atoms with E-state index in [0.717, 1.165) is 68.2 Å². The molecule has 0 spiro atoms. The molecule has 7 nitrogen and oxygen atoms in total. The summed E-state index contributed by atoms with van der Waals surface area (Å²) in [4.78, 5) is 19.2. The zero-order chi connectivity index (χ0) is 24.6. The maximum atomic E-state index is 10.7. The molecule has 0 saturated heterocycles. The number of hydrogen-bond donors (Lipinski definition) is 0. The van der Waals surface area contributed by atoms with Crippen molar-refractivity contribution in [3.63, 3.8) is 0 Å². The van der Waals surface area contributed by atoms with Crippen LogP contribution in [-0.2, 0) is 37.3 Å². The lowest BCUT2D eigenvalue weighted by Crippen LogP contribution is -2.30. The van der Waals surface area contributed by atoms with Gasteiger partial charge in [-0.15, -0.1) is 0 Å². The van der Waals surface area contributed by atoms with E-state index in [1.54, 1.807) is 32.4 Å². The molecule has 1 aromatic heterocycles. The Hall–Kier alpha value is -3.58. The highest BCUT2D eigenvalue weighted by Crippen LogP contribution is 2.33. The summed E-state index contributed by atoms with van der Waals surface area (Å²) >= 11 is 0. The molecule has 35 heavy (non-hydrogen) atoms. The summed E-state index contributed by atoms with van der Waals surface area (Å²) in [7, 11) is 4.92. The van der Waals surface area contributed by atoms with Gasteiger partial charge in [0.15, 0.2) is 11.5 Å². The summed E-state index contributed by atoms with van der Waals surface area (Å²) in [6.07, 6.45) is 4.65. The highest BCUT2D eigenvalue weighted by Gasteiger charge is 2.19. The average Bonchev–Trinajstić information content (AvgIpc) is 2.92. The number of nitrogens with zero attached hydrogens (tertiary/aromatic N) is 3. The Morgan fingerprint density at radius 2 is 1.54 bits per heavy atom. The summed E-state index contributed by atoms with van der Waals surface area (Å²) in [5.74, 6) is 2.20. The van der Waals surface area contributed by atoms with Crippen molar-refractivity contribution in [1.29, 1.82) is 0 Å². The van der Waals surface area contributed by atoms with Crippen LogP contribution >= 0.6 is 0 Å². The van der Waals surface area contributed by atoms with Crippen molar-refractivity contribution < 1.29 is 19.0 Å². The van der Waals surface area contributed by atoms with Gasteiger partial charge in [-0.25, -0.2) is 4.98 Å². The second-order valence-electron chi connectivity index (χ2n) is 8.70. The molecule has 0 fully saturated rings. The van der Waals surface area contributed by atoms with Crippen LogP contribution in [0.3, 0.4) is 0 Å². The van der Waals surface area contributed by atoms with Crippen molar-refractivity contribution in [3.8, 4) is 17.4 Å². The monoisotopic (exact) mass is 475 g/mol. The average molecular weight is 476 g/mol. The zero-order valence-electron chi connectivity index (χ0n) is 20.7. The van der Waals surface area contributed by atoms with Gasteiger partial charge in [0, 0.05) is 44.5 Å². The van der Waals surface area contributed by atoms with Crippen molar-refractivity contribution in [2.24, 2.45) is 0 Å². The largest absolute Gasteiger partial charge is 0.493 e. The molecule has 0 saturated carbocycles.